The predicted octanol–water partition coefficient (Wildman–Crippen LogP) is 3.19. The minimum absolute atomic E-state index is 0.163. The summed E-state index contributed by atoms with van der Waals surface area (Å²) in [5.74, 6) is 0.902. The Hall–Kier alpha value is -1.02. The quantitative estimate of drug-likeness (QED) is 0.804. The van der Waals surface area contributed by atoms with Crippen LogP contribution in [-0.2, 0) is 0 Å². The van der Waals surface area contributed by atoms with E-state index in [0.717, 1.165) is 12.2 Å². The number of rotatable bonds is 5. The molecule has 2 heteroatoms. The Morgan fingerprint density at radius 2 is 2.13 bits per heavy atom. The number of hydrogen-bond donors (Lipinski definition) is 1. The van der Waals surface area contributed by atoms with E-state index < -0.39 is 0 Å². The second kappa shape index (κ2) is 5.76. The van der Waals surface area contributed by atoms with Crippen molar-refractivity contribution in [2.24, 2.45) is 5.73 Å². The minimum Gasteiger partial charge on any atom is -0.497 e. The molecular weight excluding hydrogens is 186 g/mol. The van der Waals surface area contributed by atoms with Crippen molar-refractivity contribution in [3.05, 3.63) is 29.3 Å². The highest BCUT2D eigenvalue weighted by Crippen LogP contribution is 2.24. The molecule has 0 unspecified atom stereocenters. The Morgan fingerprint density at radius 3 is 2.67 bits per heavy atom. The lowest BCUT2D eigenvalue weighted by Crippen LogP contribution is -2.11. The van der Waals surface area contributed by atoms with Gasteiger partial charge >= 0.3 is 0 Å². The highest BCUT2D eigenvalue weighted by atomic mass is 16.5. The van der Waals surface area contributed by atoms with E-state index in [1.165, 1.54) is 24.0 Å². The van der Waals surface area contributed by atoms with Crippen molar-refractivity contribution >= 4 is 0 Å². The number of aryl methyl sites for hydroxylation is 1. The summed E-state index contributed by atoms with van der Waals surface area (Å²) < 4.78 is 5.17. The van der Waals surface area contributed by atoms with Gasteiger partial charge in [-0.25, -0.2) is 0 Å². The summed E-state index contributed by atoms with van der Waals surface area (Å²) in [6.45, 7) is 4.28. The third-order valence-corrected chi connectivity index (χ3v) is 2.75. The number of hydrogen-bond acceptors (Lipinski definition) is 2. The van der Waals surface area contributed by atoms with Crippen LogP contribution < -0.4 is 10.5 Å². The second-order valence-electron chi connectivity index (χ2n) is 3.97. The van der Waals surface area contributed by atoms with Crippen LogP contribution >= 0.6 is 0 Å². The Morgan fingerprint density at radius 1 is 1.40 bits per heavy atom. The highest BCUT2D eigenvalue weighted by molar-refractivity contribution is 5.36. The number of benzene rings is 1. The fourth-order valence-electron chi connectivity index (χ4n) is 1.77. The molecule has 1 atom stereocenters. The summed E-state index contributed by atoms with van der Waals surface area (Å²) in [6.07, 6.45) is 3.44. The molecule has 15 heavy (non-hydrogen) atoms. The molecule has 0 aliphatic heterocycles. The number of ether oxygens (including phenoxy) is 1. The molecule has 0 saturated heterocycles. The molecule has 1 rings (SSSR count). The largest absolute Gasteiger partial charge is 0.497 e. The van der Waals surface area contributed by atoms with Gasteiger partial charge in [0, 0.05) is 6.04 Å². The van der Waals surface area contributed by atoms with Crippen molar-refractivity contribution < 1.29 is 4.74 Å². The SMILES string of the molecule is CCCC[C@H](N)c1ccc(OC)cc1C. The van der Waals surface area contributed by atoms with Crippen LogP contribution in [0.4, 0.5) is 0 Å². The fraction of sp³-hybridized carbons (Fsp3) is 0.538. The number of unbranched alkanes of at least 4 members (excludes halogenated alkanes) is 1. The molecule has 0 saturated carbocycles. The molecule has 0 aromatic heterocycles. The average Bonchev–Trinajstić information content (AvgIpc) is 2.25. The summed E-state index contributed by atoms with van der Waals surface area (Å²) in [6, 6.07) is 6.26. The zero-order valence-corrected chi connectivity index (χ0v) is 9.92. The molecule has 1 aromatic carbocycles. The Kier molecular flexibility index (Phi) is 4.63. The van der Waals surface area contributed by atoms with Gasteiger partial charge in [-0.15, -0.1) is 0 Å². The fourth-order valence-corrected chi connectivity index (χ4v) is 1.77. The zero-order chi connectivity index (χ0) is 11.3. The standard InChI is InChI=1S/C13H21NO/c1-4-5-6-13(14)12-8-7-11(15-3)9-10(12)2/h7-9,13H,4-6,14H2,1-3H3/t13-/m0/s1. The molecule has 0 fully saturated rings. The van der Waals surface area contributed by atoms with Crippen LogP contribution in [0, 0.1) is 6.92 Å². The van der Waals surface area contributed by atoms with Gasteiger partial charge in [-0.2, -0.15) is 0 Å². The third kappa shape index (κ3) is 3.24. The molecule has 0 radical (unpaired) electrons. The van der Waals surface area contributed by atoms with Gasteiger partial charge in [0.25, 0.3) is 0 Å². The van der Waals surface area contributed by atoms with E-state index >= 15 is 0 Å². The molecule has 2 nitrogen and oxygen atoms in total. The van der Waals surface area contributed by atoms with Crippen LogP contribution in [0.2, 0.25) is 0 Å². The van der Waals surface area contributed by atoms with Gasteiger partial charge in [-0.3, -0.25) is 0 Å². The van der Waals surface area contributed by atoms with Gasteiger partial charge in [0.2, 0.25) is 0 Å². The molecule has 0 spiro atoms. The van der Waals surface area contributed by atoms with Crippen molar-refractivity contribution in [2.45, 2.75) is 39.2 Å². The lowest BCUT2D eigenvalue weighted by Gasteiger charge is -2.15. The first-order valence-corrected chi connectivity index (χ1v) is 5.59. The topological polar surface area (TPSA) is 35.2 Å². The van der Waals surface area contributed by atoms with E-state index in [2.05, 4.69) is 19.9 Å². The van der Waals surface area contributed by atoms with Gasteiger partial charge in [0.1, 0.15) is 5.75 Å². The Balaban J connectivity index is 2.76. The van der Waals surface area contributed by atoms with Gasteiger partial charge in [0.05, 0.1) is 7.11 Å². The molecule has 0 heterocycles. The molecule has 84 valence electrons. The van der Waals surface area contributed by atoms with Crippen LogP contribution in [0.5, 0.6) is 5.75 Å². The zero-order valence-electron chi connectivity index (χ0n) is 9.92. The first kappa shape index (κ1) is 12.1. The smallest absolute Gasteiger partial charge is 0.119 e. The van der Waals surface area contributed by atoms with Crippen molar-refractivity contribution in [3.8, 4) is 5.75 Å². The van der Waals surface area contributed by atoms with Crippen LogP contribution in [0.1, 0.15) is 43.4 Å². The Bertz CT molecular complexity index is 309. The molecule has 1 aromatic rings. The number of methoxy groups -OCH3 is 1. The van der Waals surface area contributed by atoms with Crippen molar-refractivity contribution in [3.63, 3.8) is 0 Å². The summed E-state index contributed by atoms with van der Waals surface area (Å²) in [5, 5.41) is 0. The van der Waals surface area contributed by atoms with E-state index in [1.807, 2.05) is 12.1 Å². The first-order valence-electron chi connectivity index (χ1n) is 5.59. The van der Waals surface area contributed by atoms with Crippen LogP contribution in [-0.4, -0.2) is 7.11 Å². The molecule has 0 aliphatic carbocycles. The number of nitrogens with two attached hydrogens (primary N) is 1. The lowest BCUT2D eigenvalue weighted by atomic mass is 9.97. The summed E-state index contributed by atoms with van der Waals surface area (Å²) in [5.41, 5.74) is 8.59. The maximum Gasteiger partial charge on any atom is 0.119 e. The van der Waals surface area contributed by atoms with Crippen LogP contribution in [0.3, 0.4) is 0 Å². The minimum atomic E-state index is 0.163. The molecule has 0 aliphatic rings. The van der Waals surface area contributed by atoms with Gasteiger partial charge < -0.3 is 10.5 Å². The second-order valence-corrected chi connectivity index (χ2v) is 3.97. The molecular formula is C13H21NO. The van der Waals surface area contributed by atoms with Crippen molar-refractivity contribution in [1.82, 2.24) is 0 Å². The molecule has 2 N–H and O–H groups in total. The van der Waals surface area contributed by atoms with Crippen molar-refractivity contribution in [2.75, 3.05) is 7.11 Å². The maximum atomic E-state index is 6.13. The summed E-state index contributed by atoms with van der Waals surface area (Å²) in [7, 11) is 1.69. The maximum absolute atomic E-state index is 6.13. The normalized spacial score (nSPS) is 12.5. The van der Waals surface area contributed by atoms with E-state index in [1.54, 1.807) is 7.11 Å². The van der Waals surface area contributed by atoms with E-state index in [-0.39, 0.29) is 6.04 Å². The van der Waals surface area contributed by atoms with Gasteiger partial charge in [0.15, 0.2) is 0 Å². The lowest BCUT2D eigenvalue weighted by molar-refractivity contribution is 0.414. The monoisotopic (exact) mass is 207 g/mol. The van der Waals surface area contributed by atoms with Crippen LogP contribution in [0.25, 0.3) is 0 Å². The van der Waals surface area contributed by atoms with E-state index in [9.17, 15) is 0 Å². The van der Waals surface area contributed by atoms with Gasteiger partial charge in [-0.05, 0) is 36.6 Å². The highest BCUT2D eigenvalue weighted by Gasteiger charge is 2.08. The molecule has 0 bridgehead atoms. The average molecular weight is 207 g/mol. The van der Waals surface area contributed by atoms with E-state index in [4.69, 9.17) is 10.5 Å². The predicted molar refractivity (Wildman–Crippen MR) is 64.2 cm³/mol. The third-order valence-electron chi connectivity index (χ3n) is 2.75. The summed E-state index contributed by atoms with van der Waals surface area (Å²) in [4.78, 5) is 0. The van der Waals surface area contributed by atoms with Crippen molar-refractivity contribution in [1.29, 1.82) is 0 Å². The first-order chi connectivity index (χ1) is 7.19. The Labute approximate surface area is 92.4 Å². The van der Waals surface area contributed by atoms with Crippen LogP contribution in [0.15, 0.2) is 18.2 Å². The van der Waals surface area contributed by atoms with Gasteiger partial charge in [-0.1, -0.05) is 25.8 Å². The van der Waals surface area contributed by atoms with E-state index in [0.29, 0.717) is 0 Å². The molecule has 0 amide bonds. The summed E-state index contributed by atoms with van der Waals surface area (Å²) >= 11 is 0.